The number of alkyl carbamates (subject to hydrolysis) is 1. The van der Waals surface area contributed by atoms with Gasteiger partial charge in [-0.25, -0.2) is 4.79 Å². The third-order valence-corrected chi connectivity index (χ3v) is 2.91. The number of thiocarbonyl (C=S) groups is 1. The minimum Gasteiger partial charge on any atom is -0.444 e. The van der Waals surface area contributed by atoms with E-state index in [9.17, 15) is 18.0 Å². The highest BCUT2D eigenvalue weighted by atomic mass is 32.1. The van der Waals surface area contributed by atoms with Crippen molar-refractivity contribution in [3.8, 4) is 5.75 Å². The Morgan fingerprint density at radius 2 is 1.73 bits per heavy atom. The molecule has 0 unspecified atom stereocenters. The van der Waals surface area contributed by atoms with Crippen LogP contribution in [0.4, 0.5) is 23.7 Å². The van der Waals surface area contributed by atoms with Crippen LogP contribution >= 0.6 is 12.2 Å². The van der Waals surface area contributed by atoms with E-state index in [0.717, 1.165) is 0 Å². The molecule has 0 saturated carbocycles. The lowest BCUT2D eigenvalue weighted by Crippen LogP contribution is -2.35. The lowest BCUT2D eigenvalue weighted by Gasteiger charge is -2.19. The number of carbonyl (C=O) groups excluding carboxylic acids is 1. The molecule has 0 radical (unpaired) electrons. The number of amides is 1. The summed E-state index contributed by atoms with van der Waals surface area (Å²) < 4.78 is 46.1. The molecule has 0 heterocycles. The largest absolute Gasteiger partial charge is 0.573 e. The molecular formula is C16H22F3N3O3S. The second-order valence-electron chi connectivity index (χ2n) is 6.21. The fourth-order valence-corrected chi connectivity index (χ4v) is 1.96. The summed E-state index contributed by atoms with van der Waals surface area (Å²) in [7, 11) is 0. The molecule has 0 spiro atoms. The molecule has 3 N–H and O–H groups in total. The molecule has 1 rings (SSSR count). The van der Waals surface area contributed by atoms with Gasteiger partial charge in [-0.3, -0.25) is 0 Å². The van der Waals surface area contributed by atoms with Crippen LogP contribution in [0.2, 0.25) is 0 Å². The molecule has 0 aliphatic rings. The van der Waals surface area contributed by atoms with Gasteiger partial charge in [0.25, 0.3) is 0 Å². The van der Waals surface area contributed by atoms with Gasteiger partial charge in [0, 0.05) is 13.1 Å². The van der Waals surface area contributed by atoms with Crippen molar-refractivity contribution < 1.29 is 27.4 Å². The number of halogens is 3. The molecule has 0 atom stereocenters. The molecule has 0 bridgehead atoms. The van der Waals surface area contributed by atoms with Crippen molar-refractivity contribution in [2.45, 2.75) is 39.2 Å². The summed E-state index contributed by atoms with van der Waals surface area (Å²) in [5, 5.41) is 8.21. The number of rotatable bonds is 6. The van der Waals surface area contributed by atoms with E-state index in [-0.39, 0.29) is 16.5 Å². The van der Waals surface area contributed by atoms with Crippen LogP contribution in [0.25, 0.3) is 0 Å². The molecule has 1 aromatic rings. The van der Waals surface area contributed by atoms with Crippen molar-refractivity contribution in [3.63, 3.8) is 0 Å². The van der Waals surface area contributed by atoms with Gasteiger partial charge in [-0.1, -0.05) is 12.1 Å². The maximum absolute atomic E-state index is 12.4. The van der Waals surface area contributed by atoms with Gasteiger partial charge in [-0.2, -0.15) is 0 Å². The Labute approximate surface area is 155 Å². The van der Waals surface area contributed by atoms with Crippen LogP contribution in [0.5, 0.6) is 5.75 Å². The third-order valence-electron chi connectivity index (χ3n) is 2.67. The Hall–Kier alpha value is -2.23. The number of alkyl halides is 3. The lowest BCUT2D eigenvalue weighted by atomic mass is 10.2. The molecule has 146 valence electrons. The van der Waals surface area contributed by atoms with Gasteiger partial charge in [0.2, 0.25) is 0 Å². The van der Waals surface area contributed by atoms with E-state index in [1.165, 1.54) is 18.2 Å². The Kier molecular flexibility index (Phi) is 7.94. The molecule has 0 aliphatic carbocycles. The summed E-state index contributed by atoms with van der Waals surface area (Å²) >= 11 is 5.04. The van der Waals surface area contributed by atoms with Gasteiger partial charge in [0.05, 0.1) is 5.69 Å². The minimum atomic E-state index is -4.79. The fraction of sp³-hybridized carbons (Fsp3) is 0.500. The van der Waals surface area contributed by atoms with E-state index in [1.807, 2.05) is 0 Å². The SMILES string of the molecule is CC(C)(C)OC(=O)NCCCNC(=S)Nc1ccccc1OC(F)(F)F. The number of benzene rings is 1. The number of carbonyl (C=O) groups is 1. The molecule has 0 fully saturated rings. The quantitative estimate of drug-likeness (QED) is 0.505. The average Bonchev–Trinajstić information content (AvgIpc) is 2.45. The normalized spacial score (nSPS) is 11.5. The molecule has 6 nitrogen and oxygen atoms in total. The van der Waals surface area contributed by atoms with Crippen LogP contribution < -0.4 is 20.7 Å². The first-order valence-electron chi connectivity index (χ1n) is 7.83. The maximum Gasteiger partial charge on any atom is 0.573 e. The van der Waals surface area contributed by atoms with E-state index in [2.05, 4.69) is 20.7 Å². The van der Waals surface area contributed by atoms with Crippen molar-refractivity contribution in [2.75, 3.05) is 18.4 Å². The summed E-state index contributed by atoms with van der Waals surface area (Å²) in [6, 6.07) is 5.58. The highest BCUT2D eigenvalue weighted by Crippen LogP contribution is 2.29. The van der Waals surface area contributed by atoms with Gasteiger partial charge in [-0.15, -0.1) is 13.2 Å². The molecule has 0 aromatic heterocycles. The molecular weight excluding hydrogens is 371 g/mol. The topological polar surface area (TPSA) is 71.6 Å². The van der Waals surface area contributed by atoms with Crippen molar-refractivity contribution in [3.05, 3.63) is 24.3 Å². The van der Waals surface area contributed by atoms with E-state index in [0.29, 0.717) is 19.5 Å². The molecule has 0 saturated heterocycles. The maximum atomic E-state index is 12.4. The first-order valence-corrected chi connectivity index (χ1v) is 8.23. The monoisotopic (exact) mass is 393 g/mol. The van der Waals surface area contributed by atoms with Gasteiger partial charge in [0.15, 0.2) is 10.9 Å². The van der Waals surface area contributed by atoms with E-state index in [4.69, 9.17) is 17.0 Å². The standard InChI is InChI=1S/C16H22F3N3O3S/c1-15(2,3)25-14(23)21-10-6-9-20-13(26)22-11-7-4-5-8-12(11)24-16(17,18)19/h4-5,7-8H,6,9-10H2,1-3H3,(H,21,23)(H2,20,22,26). The number of nitrogens with one attached hydrogen (secondary N) is 3. The van der Waals surface area contributed by atoms with Crippen molar-refractivity contribution >= 4 is 29.1 Å². The number of hydrogen-bond donors (Lipinski definition) is 3. The summed E-state index contributed by atoms with van der Waals surface area (Å²) in [5.41, 5.74) is -0.478. The summed E-state index contributed by atoms with van der Waals surface area (Å²) in [5.74, 6) is -0.379. The molecule has 1 amide bonds. The summed E-state index contributed by atoms with van der Waals surface area (Å²) in [4.78, 5) is 11.5. The number of para-hydroxylation sites is 2. The fourth-order valence-electron chi connectivity index (χ4n) is 1.75. The number of hydrogen-bond acceptors (Lipinski definition) is 4. The van der Waals surface area contributed by atoms with Crippen LogP contribution in [0.15, 0.2) is 24.3 Å². The Bertz CT molecular complexity index is 619. The van der Waals surface area contributed by atoms with Crippen LogP contribution in [0, 0.1) is 0 Å². The molecule has 10 heteroatoms. The minimum absolute atomic E-state index is 0.0919. The van der Waals surface area contributed by atoms with Crippen molar-refractivity contribution in [1.29, 1.82) is 0 Å². The molecule has 0 aliphatic heterocycles. The van der Waals surface area contributed by atoms with Gasteiger partial charge in [-0.05, 0) is 51.5 Å². The Morgan fingerprint density at radius 3 is 2.35 bits per heavy atom. The Morgan fingerprint density at radius 1 is 1.12 bits per heavy atom. The zero-order valence-corrected chi connectivity index (χ0v) is 15.5. The molecule has 1 aromatic carbocycles. The van der Waals surface area contributed by atoms with Crippen LogP contribution in [-0.4, -0.2) is 36.3 Å². The second-order valence-corrected chi connectivity index (χ2v) is 6.62. The Balaban J connectivity index is 2.34. The first kappa shape index (κ1) is 21.8. The number of anilines is 1. The van der Waals surface area contributed by atoms with Crippen molar-refractivity contribution in [1.82, 2.24) is 10.6 Å². The third kappa shape index (κ3) is 9.92. The average molecular weight is 393 g/mol. The highest BCUT2D eigenvalue weighted by Gasteiger charge is 2.32. The van der Waals surface area contributed by atoms with Crippen LogP contribution in [0.3, 0.4) is 0 Å². The predicted octanol–water partition coefficient (Wildman–Crippen LogP) is 3.79. The van der Waals surface area contributed by atoms with E-state index in [1.54, 1.807) is 26.8 Å². The predicted molar refractivity (Wildman–Crippen MR) is 96.2 cm³/mol. The van der Waals surface area contributed by atoms with Gasteiger partial charge < -0.3 is 25.4 Å². The zero-order chi connectivity index (χ0) is 19.8. The highest BCUT2D eigenvalue weighted by molar-refractivity contribution is 7.80. The first-order chi connectivity index (χ1) is 12.0. The van der Waals surface area contributed by atoms with Crippen LogP contribution in [0.1, 0.15) is 27.2 Å². The molecule has 26 heavy (non-hydrogen) atoms. The lowest BCUT2D eigenvalue weighted by molar-refractivity contribution is -0.274. The van der Waals surface area contributed by atoms with E-state index >= 15 is 0 Å². The number of ether oxygens (including phenoxy) is 2. The van der Waals surface area contributed by atoms with E-state index < -0.39 is 18.1 Å². The summed E-state index contributed by atoms with van der Waals surface area (Å²) in [6.07, 6.45) is -4.77. The summed E-state index contributed by atoms with van der Waals surface area (Å²) in [6.45, 7) is 6.05. The second kappa shape index (κ2) is 9.46. The van der Waals surface area contributed by atoms with Gasteiger partial charge in [0.1, 0.15) is 5.60 Å². The zero-order valence-electron chi connectivity index (χ0n) is 14.7. The van der Waals surface area contributed by atoms with Gasteiger partial charge >= 0.3 is 12.5 Å². The smallest absolute Gasteiger partial charge is 0.444 e. The van der Waals surface area contributed by atoms with Crippen molar-refractivity contribution in [2.24, 2.45) is 0 Å². The van der Waals surface area contributed by atoms with Crippen LogP contribution in [-0.2, 0) is 4.74 Å².